The fourth-order valence-electron chi connectivity index (χ4n) is 3.46. The number of rotatable bonds is 7. The van der Waals surface area contributed by atoms with Crippen LogP contribution in [0.25, 0.3) is 11.4 Å². The van der Waals surface area contributed by atoms with E-state index in [0.717, 1.165) is 61.5 Å². The third-order valence-corrected chi connectivity index (χ3v) is 5.08. The lowest BCUT2D eigenvalue weighted by Gasteiger charge is -2.27. The van der Waals surface area contributed by atoms with Crippen LogP contribution in [0.5, 0.6) is 5.75 Å². The highest BCUT2D eigenvalue weighted by Gasteiger charge is 2.21. The van der Waals surface area contributed by atoms with E-state index in [4.69, 9.17) is 4.74 Å². The van der Waals surface area contributed by atoms with Crippen LogP contribution in [0.2, 0.25) is 0 Å². The molecule has 7 heteroatoms. The topological polar surface area (TPSA) is 84.0 Å². The summed E-state index contributed by atoms with van der Waals surface area (Å²) in [5, 5.41) is 0. The summed E-state index contributed by atoms with van der Waals surface area (Å²) in [5.74, 6) is 1.44. The molecule has 0 atom stereocenters. The maximum atomic E-state index is 12.6. The van der Waals surface area contributed by atoms with Gasteiger partial charge in [0.05, 0.1) is 23.4 Å². The molecule has 0 radical (unpaired) electrons. The molecular weight excluding hydrogens is 366 g/mol. The first kappa shape index (κ1) is 19.3. The van der Waals surface area contributed by atoms with Crippen molar-refractivity contribution >= 4 is 0 Å². The molecule has 1 aliphatic heterocycles. The quantitative estimate of drug-likeness (QED) is 0.624. The van der Waals surface area contributed by atoms with E-state index in [1.807, 2.05) is 12.1 Å². The van der Waals surface area contributed by atoms with Crippen molar-refractivity contribution in [1.82, 2.24) is 24.8 Å². The van der Waals surface area contributed by atoms with Crippen molar-refractivity contribution in [2.75, 3.05) is 13.2 Å². The van der Waals surface area contributed by atoms with Crippen molar-refractivity contribution in [1.29, 1.82) is 0 Å². The number of hydrogen-bond donors (Lipinski definition) is 1. The summed E-state index contributed by atoms with van der Waals surface area (Å²) in [5.41, 5.74) is 3.45. The van der Waals surface area contributed by atoms with E-state index in [2.05, 4.69) is 43.9 Å². The van der Waals surface area contributed by atoms with Crippen molar-refractivity contribution in [3.05, 3.63) is 70.2 Å². The number of H-pyrrole nitrogens is 1. The van der Waals surface area contributed by atoms with Gasteiger partial charge in [-0.1, -0.05) is 25.5 Å². The Morgan fingerprint density at radius 3 is 2.72 bits per heavy atom. The molecule has 0 saturated carbocycles. The predicted molar refractivity (Wildman–Crippen MR) is 111 cm³/mol. The van der Waals surface area contributed by atoms with Gasteiger partial charge in [-0.2, -0.15) is 0 Å². The number of hydrogen-bond acceptors (Lipinski definition) is 6. The third-order valence-electron chi connectivity index (χ3n) is 5.08. The fourth-order valence-corrected chi connectivity index (χ4v) is 3.46. The molecule has 4 rings (SSSR count). The van der Waals surface area contributed by atoms with E-state index in [9.17, 15) is 4.79 Å². The Balaban J connectivity index is 1.43. The Morgan fingerprint density at radius 2 is 1.97 bits per heavy atom. The number of nitrogens with zero attached hydrogens (tertiary/aromatic N) is 4. The van der Waals surface area contributed by atoms with Crippen LogP contribution in [0.3, 0.4) is 0 Å². The molecule has 0 bridgehead atoms. The Bertz CT molecular complexity index is 1000. The summed E-state index contributed by atoms with van der Waals surface area (Å²) in [6.45, 7) is 5.16. The van der Waals surface area contributed by atoms with Crippen LogP contribution in [0.1, 0.15) is 36.6 Å². The summed E-state index contributed by atoms with van der Waals surface area (Å²) < 4.78 is 5.73. The van der Waals surface area contributed by atoms with E-state index in [1.165, 1.54) is 11.9 Å². The van der Waals surface area contributed by atoms with E-state index in [1.54, 1.807) is 12.4 Å². The molecule has 1 aliphatic rings. The number of ether oxygens (including phenoxy) is 1. The highest BCUT2D eigenvalue weighted by molar-refractivity contribution is 5.52. The summed E-state index contributed by atoms with van der Waals surface area (Å²) in [6, 6.07) is 8.23. The molecule has 0 saturated heterocycles. The molecule has 0 spiro atoms. The van der Waals surface area contributed by atoms with Crippen molar-refractivity contribution in [3.8, 4) is 17.1 Å². The summed E-state index contributed by atoms with van der Waals surface area (Å²) >= 11 is 0. The maximum Gasteiger partial charge on any atom is 0.255 e. The van der Waals surface area contributed by atoms with Crippen LogP contribution >= 0.6 is 0 Å². The molecular formula is C22H25N5O2. The molecule has 3 aromatic rings. The zero-order valence-electron chi connectivity index (χ0n) is 16.6. The second kappa shape index (κ2) is 8.96. The van der Waals surface area contributed by atoms with E-state index >= 15 is 0 Å². The number of nitrogens with one attached hydrogen (secondary N) is 1. The van der Waals surface area contributed by atoms with Crippen LogP contribution in [0, 0.1) is 0 Å². The average molecular weight is 391 g/mol. The highest BCUT2D eigenvalue weighted by atomic mass is 16.5. The number of aromatic amines is 1. The van der Waals surface area contributed by atoms with Crippen LogP contribution in [-0.2, 0) is 19.5 Å². The summed E-state index contributed by atoms with van der Waals surface area (Å²) in [4.78, 5) is 30.5. The number of aromatic nitrogens is 4. The largest absolute Gasteiger partial charge is 0.494 e. The standard InChI is InChI=1S/C22H25N5O2/c1-2-3-10-29-18-6-4-16(5-7-18)13-27-9-8-20-19(14-27)22(28)26-21(25-20)17-11-23-15-24-12-17/h4-7,11-12,15H,2-3,8-10,13-14H2,1H3,(H,25,26,28). The maximum absolute atomic E-state index is 12.6. The van der Waals surface area contributed by atoms with Gasteiger partial charge in [0.1, 0.15) is 17.9 Å². The molecule has 0 unspecified atom stereocenters. The van der Waals surface area contributed by atoms with Gasteiger partial charge < -0.3 is 9.72 Å². The van der Waals surface area contributed by atoms with Crippen LogP contribution in [-0.4, -0.2) is 38.0 Å². The van der Waals surface area contributed by atoms with Crippen LogP contribution < -0.4 is 10.3 Å². The predicted octanol–water partition coefficient (Wildman–Crippen LogP) is 2.96. The molecule has 1 aromatic carbocycles. The summed E-state index contributed by atoms with van der Waals surface area (Å²) in [7, 11) is 0. The minimum Gasteiger partial charge on any atom is -0.494 e. The SMILES string of the molecule is CCCCOc1ccc(CN2CCc3nc(-c4cncnc4)[nH]c(=O)c3C2)cc1. The molecule has 150 valence electrons. The molecule has 0 fully saturated rings. The van der Waals surface area contributed by atoms with Crippen molar-refractivity contribution < 1.29 is 4.74 Å². The van der Waals surface area contributed by atoms with E-state index < -0.39 is 0 Å². The third kappa shape index (κ3) is 4.68. The van der Waals surface area contributed by atoms with Gasteiger partial charge in [0.15, 0.2) is 0 Å². The van der Waals surface area contributed by atoms with Gasteiger partial charge in [-0.25, -0.2) is 15.0 Å². The lowest BCUT2D eigenvalue weighted by Crippen LogP contribution is -2.35. The smallest absolute Gasteiger partial charge is 0.255 e. The second-order valence-corrected chi connectivity index (χ2v) is 7.27. The van der Waals surface area contributed by atoms with E-state index in [0.29, 0.717) is 12.4 Å². The monoisotopic (exact) mass is 391 g/mol. The molecule has 29 heavy (non-hydrogen) atoms. The average Bonchev–Trinajstić information content (AvgIpc) is 2.76. The number of fused-ring (bicyclic) bond motifs is 1. The fraction of sp³-hybridized carbons (Fsp3) is 0.364. The minimum atomic E-state index is -0.0850. The van der Waals surface area contributed by atoms with Gasteiger partial charge in [0.25, 0.3) is 5.56 Å². The molecule has 0 aliphatic carbocycles. The van der Waals surface area contributed by atoms with Gasteiger partial charge in [0, 0.05) is 38.4 Å². The zero-order chi connectivity index (χ0) is 20.1. The van der Waals surface area contributed by atoms with Gasteiger partial charge in [0.2, 0.25) is 0 Å². The first-order valence-corrected chi connectivity index (χ1v) is 10.0. The first-order chi connectivity index (χ1) is 14.2. The Hall–Kier alpha value is -3.06. The van der Waals surface area contributed by atoms with Crippen LogP contribution in [0.4, 0.5) is 0 Å². The van der Waals surface area contributed by atoms with Gasteiger partial charge in [-0.3, -0.25) is 9.69 Å². The minimum absolute atomic E-state index is 0.0850. The number of benzene rings is 1. The van der Waals surface area contributed by atoms with Gasteiger partial charge in [-0.05, 0) is 24.1 Å². The van der Waals surface area contributed by atoms with E-state index in [-0.39, 0.29) is 5.56 Å². The zero-order valence-corrected chi connectivity index (χ0v) is 16.6. The highest BCUT2D eigenvalue weighted by Crippen LogP contribution is 2.20. The van der Waals surface area contributed by atoms with Crippen molar-refractivity contribution in [3.63, 3.8) is 0 Å². The van der Waals surface area contributed by atoms with Crippen molar-refractivity contribution in [2.45, 2.75) is 39.3 Å². The molecule has 1 N–H and O–H groups in total. The lowest BCUT2D eigenvalue weighted by molar-refractivity contribution is 0.241. The summed E-state index contributed by atoms with van der Waals surface area (Å²) in [6.07, 6.45) is 7.71. The molecule has 2 aromatic heterocycles. The van der Waals surface area contributed by atoms with Gasteiger partial charge >= 0.3 is 0 Å². The normalized spacial score (nSPS) is 13.8. The Morgan fingerprint density at radius 1 is 1.17 bits per heavy atom. The van der Waals surface area contributed by atoms with Gasteiger partial charge in [-0.15, -0.1) is 0 Å². The van der Waals surface area contributed by atoms with Crippen LogP contribution in [0.15, 0.2) is 47.8 Å². The number of unbranched alkanes of at least 4 members (excludes halogenated alkanes) is 1. The Kier molecular flexibility index (Phi) is 5.95. The molecule has 3 heterocycles. The molecule has 0 amide bonds. The molecule has 7 nitrogen and oxygen atoms in total. The second-order valence-electron chi connectivity index (χ2n) is 7.27. The first-order valence-electron chi connectivity index (χ1n) is 10.0. The van der Waals surface area contributed by atoms with Crippen molar-refractivity contribution in [2.24, 2.45) is 0 Å². The lowest BCUT2D eigenvalue weighted by atomic mass is 10.1. The Labute approximate surface area is 169 Å².